The molecule has 0 aliphatic heterocycles. The number of aliphatic hydroxyl groups excluding tert-OH is 1. The van der Waals surface area contributed by atoms with Gasteiger partial charge in [0.2, 0.25) is 0 Å². The van der Waals surface area contributed by atoms with Gasteiger partial charge in [0.1, 0.15) is 6.10 Å². The fourth-order valence-electron chi connectivity index (χ4n) is 1.25. The zero-order valence-corrected chi connectivity index (χ0v) is 9.60. The van der Waals surface area contributed by atoms with Gasteiger partial charge in [-0.2, -0.15) is 10.4 Å². The summed E-state index contributed by atoms with van der Waals surface area (Å²) in [6.07, 6.45) is 2.60. The van der Waals surface area contributed by atoms with E-state index in [1.54, 1.807) is 30.9 Å². The number of nitriles is 1. The van der Waals surface area contributed by atoms with Crippen LogP contribution in [-0.2, 0) is 0 Å². The molecule has 0 aliphatic carbocycles. The van der Waals surface area contributed by atoms with Crippen molar-refractivity contribution in [2.75, 3.05) is 0 Å². The lowest BCUT2D eigenvalue weighted by Crippen LogP contribution is -2.19. The van der Waals surface area contributed by atoms with E-state index in [2.05, 4.69) is 11.2 Å². The van der Waals surface area contributed by atoms with E-state index in [9.17, 15) is 5.11 Å². The Morgan fingerprint density at radius 1 is 1.53 bits per heavy atom. The van der Waals surface area contributed by atoms with Gasteiger partial charge in [-0.15, -0.1) is 0 Å². The van der Waals surface area contributed by atoms with E-state index < -0.39 is 11.5 Å². The Kier molecular flexibility index (Phi) is 3.15. The fraction of sp³-hybridized carbons (Fsp3) is 0.636. The lowest BCUT2D eigenvalue weighted by atomic mass is 9.85. The van der Waals surface area contributed by atoms with Gasteiger partial charge in [-0.25, -0.2) is 0 Å². The van der Waals surface area contributed by atoms with Crippen molar-refractivity contribution in [3.05, 3.63) is 18.0 Å². The van der Waals surface area contributed by atoms with E-state index in [0.29, 0.717) is 5.56 Å². The average Bonchev–Trinajstić information content (AvgIpc) is 2.65. The molecule has 1 unspecified atom stereocenters. The molecule has 1 aromatic rings. The summed E-state index contributed by atoms with van der Waals surface area (Å²) < 4.78 is 1.77. The van der Waals surface area contributed by atoms with Crippen molar-refractivity contribution in [3.63, 3.8) is 0 Å². The lowest BCUT2D eigenvalue weighted by Gasteiger charge is -2.21. The highest BCUT2D eigenvalue weighted by Gasteiger charge is 2.30. The first kappa shape index (κ1) is 11.7. The maximum absolute atomic E-state index is 9.97. The van der Waals surface area contributed by atoms with Crippen LogP contribution in [0.2, 0.25) is 0 Å². The van der Waals surface area contributed by atoms with Crippen LogP contribution in [0.4, 0.5) is 0 Å². The average molecular weight is 207 g/mol. The standard InChI is InChI=1S/C11H17N3O/c1-8(2)14-6-9(5-13-14)10(15)11(3,4)7-12/h5-6,8,10,15H,1-4H3. The van der Waals surface area contributed by atoms with Gasteiger partial charge in [0, 0.05) is 17.8 Å². The molecule has 0 amide bonds. The molecule has 4 nitrogen and oxygen atoms in total. The minimum absolute atomic E-state index is 0.260. The third-order valence-corrected chi connectivity index (χ3v) is 2.44. The number of aromatic nitrogens is 2. The van der Waals surface area contributed by atoms with Gasteiger partial charge in [-0.3, -0.25) is 4.68 Å². The summed E-state index contributed by atoms with van der Waals surface area (Å²) in [6.45, 7) is 7.45. The van der Waals surface area contributed by atoms with Crippen LogP contribution in [0.5, 0.6) is 0 Å². The molecule has 0 saturated carbocycles. The molecule has 0 saturated heterocycles. The predicted octanol–water partition coefficient (Wildman–Crippen LogP) is 2.05. The van der Waals surface area contributed by atoms with Crippen molar-refractivity contribution in [3.8, 4) is 6.07 Å². The Morgan fingerprint density at radius 3 is 2.53 bits per heavy atom. The largest absolute Gasteiger partial charge is 0.387 e. The highest BCUT2D eigenvalue weighted by Crippen LogP contribution is 2.32. The monoisotopic (exact) mass is 207 g/mol. The van der Waals surface area contributed by atoms with Crippen molar-refractivity contribution >= 4 is 0 Å². The zero-order chi connectivity index (χ0) is 11.6. The van der Waals surface area contributed by atoms with Gasteiger partial charge < -0.3 is 5.11 Å². The van der Waals surface area contributed by atoms with Crippen LogP contribution in [0.1, 0.15) is 45.4 Å². The van der Waals surface area contributed by atoms with Gasteiger partial charge in [0.15, 0.2) is 0 Å². The van der Waals surface area contributed by atoms with Crippen LogP contribution in [0.25, 0.3) is 0 Å². The molecule has 0 bridgehead atoms. The van der Waals surface area contributed by atoms with Crippen LogP contribution < -0.4 is 0 Å². The predicted molar refractivity (Wildman–Crippen MR) is 57.0 cm³/mol. The SMILES string of the molecule is CC(C)n1cc(C(O)C(C)(C)C#N)cn1. The first-order chi connectivity index (χ1) is 6.88. The summed E-state index contributed by atoms with van der Waals surface area (Å²) in [7, 11) is 0. The van der Waals surface area contributed by atoms with Gasteiger partial charge >= 0.3 is 0 Å². The summed E-state index contributed by atoms with van der Waals surface area (Å²) in [6, 6.07) is 2.35. The van der Waals surface area contributed by atoms with E-state index in [0.717, 1.165) is 0 Å². The second-order valence-corrected chi connectivity index (χ2v) is 4.58. The maximum atomic E-state index is 9.97. The Bertz CT molecular complexity index is 373. The van der Waals surface area contributed by atoms with Gasteiger partial charge in [0.05, 0.1) is 17.7 Å². The quantitative estimate of drug-likeness (QED) is 0.825. The maximum Gasteiger partial charge on any atom is 0.100 e. The molecule has 0 radical (unpaired) electrons. The molecule has 1 rings (SSSR count). The van der Waals surface area contributed by atoms with Crippen molar-refractivity contribution in [1.29, 1.82) is 5.26 Å². The van der Waals surface area contributed by atoms with Gasteiger partial charge in [-0.1, -0.05) is 0 Å². The minimum Gasteiger partial charge on any atom is -0.387 e. The Hall–Kier alpha value is -1.34. The number of hydrogen-bond donors (Lipinski definition) is 1. The van der Waals surface area contributed by atoms with Gasteiger partial charge in [-0.05, 0) is 27.7 Å². The summed E-state index contributed by atoms with van der Waals surface area (Å²) >= 11 is 0. The van der Waals surface area contributed by atoms with E-state index in [1.165, 1.54) is 0 Å². The molecule has 15 heavy (non-hydrogen) atoms. The summed E-state index contributed by atoms with van der Waals surface area (Å²) in [5.74, 6) is 0. The molecule has 0 aromatic carbocycles. The smallest absolute Gasteiger partial charge is 0.100 e. The third kappa shape index (κ3) is 2.37. The summed E-state index contributed by atoms with van der Waals surface area (Å²) in [5.41, 5.74) is -0.0968. The lowest BCUT2D eigenvalue weighted by molar-refractivity contribution is 0.0866. The Labute approximate surface area is 90.1 Å². The zero-order valence-electron chi connectivity index (χ0n) is 9.60. The molecular formula is C11H17N3O. The number of rotatable bonds is 3. The second-order valence-electron chi connectivity index (χ2n) is 4.58. The van der Waals surface area contributed by atoms with E-state index in [4.69, 9.17) is 5.26 Å². The van der Waals surface area contributed by atoms with Gasteiger partial charge in [0.25, 0.3) is 0 Å². The van der Waals surface area contributed by atoms with E-state index >= 15 is 0 Å². The first-order valence-electron chi connectivity index (χ1n) is 5.02. The summed E-state index contributed by atoms with van der Waals surface area (Å²) in [5, 5.41) is 23.0. The van der Waals surface area contributed by atoms with Crippen LogP contribution in [0.3, 0.4) is 0 Å². The molecule has 1 aromatic heterocycles. The van der Waals surface area contributed by atoms with Crippen molar-refractivity contribution in [2.45, 2.75) is 39.8 Å². The minimum atomic E-state index is -0.796. The Morgan fingerprint density at radius 2 is 2.13 bits per heavy atom. The van der Waals surface area contributed by atoms with Crippen LogP contribution in [0, 0.1) is 16.7 Å². The van der Waals surface area contributed by atoms with Crippen molar-refractivity contribution in [2.24, 2.45) is 5.41 Å². The van der Waals surface area contributed by atoms with Crippen LogP contribution in [-0.4, -0.2) is 14.9 Å². The topological polar surface area (TPSA) is 61.8 Å². The number of nitrogens with zero attached hydrogens (tertiary/aromatic N) is 3. The first-order valence-corrected chi connectivity index (χ1v) is 5.02. The molecule has 82 valence electrons. The highest BCUT2D eigenvalue weighted by molar-refractivity contribution is 5.15. The van der Waals surface area contributed by atoms with Crippen molar-refractivity contribution in [1.82, 2.24) is 9.78 Å². The molecular weight excluding hydrogens is 190 g/mol. The molecule has 0 aliphatic rings. The highest BCUT2D eigenvalue weighted by atomic mass is 16.3. The Balaban J connectivity index is 2.93. The molecule has 1 atom stereocenters. The molecule has 0 spiro atoms. The van der Waals surface area contributed by atoms with Crippen LogP contribution in [0.15, 0.2) is 12.4 Å². The molecule has 1 heterocycles. The molecule has 0 fully saturated rings. The second kappa shape index (κ2) is 4.03. The van der Waals surface area contributed by atoms with Crippen molar-refractivity contribution < 1.29 is 5.11 Å². The number of hydrogen-bond acceptors (Lipinski definition) is 3. The van der Waals surface area contributed by atoms with E-state index in [-0.39, 0.29) is 6.04 Å². The summed E-state index contributed by atoms with van der Waals surface area (Å²) in [4.78, 5) is 0. The molecule has 1 N–H and O–H groups in total. The van der Waals surface area contributed by atoms with E-state index in [1.807, 2.05) is 13.8 Å². The normalized spacial score (nSPS) is 13.9. The van der Waals surface area contributed by atoms with Crippen LogP contribution >= 0.6 is 0 Å². The third-order valence-electron chi connectivity index (χ3n) is 2.44. The fourth-order valence-corrected chi connectivity index (χ4v) is 1.25. The number of aliphatic hydroxyl groups is 1. The molecule has 4 heteroatoms.